The van der Waals surface area contributed by atoms with Crippen LogP contribution in [0.15, 0.2) is 52.9 Å². The number of ether oxygens (including phenoxy) is 1. The average Bonchev–Trinajstić information content (AvgIpc) is 3.38. The van der Waals surface area contributed by atoms with Gasteiger partial charge in [-0.2, -0.15) is 13.2 Å². The van der Waals surface area contributed by atoms with Gasteiger partial charge < -0.3 is 30.2 Å². The van der Waals surface area contributed by atoms with Crippen LogP contribution in [0.1, 0.15) is 50.8 Å². The third-order valence-electron chi connectivity index (χ3n) is 6.65. The molecule has 4 aromatic rings. The molecule has 2 aromatic heterocycles. The van der Waals surface area contributed by atoms with Crippen LogP contribution >= 0.6 is 0 Å². The number of aliphatic hydroxyl groups excluding tert-OH is 1. The number of pyridine rings is 1. The van der Waals surface area contributed by atoms with Gasteiger partial charge in [-0.05, 0) is 48.9 Å². The van der Waals surface area contributed by atoms with Gasteiger partial charge in [0.15, 0.2) is 11.5 Å². The zero-order valence-electron chi connectivity index (χ0n) is 22.0. The molecule has 0 saturated carbocycles. The van der Waals surface area contributed by atoms with E-state index < -0.39 is 29.9 Å². The van der Waals surface area contributed by atoms with Crippen LogP contribution in [-0.2, 0) is 12.7 Å². The predicted octanol–water partition coefficient (Wildman–Crippen LogP) is 3.68. The van der Waals surface area contributed by atoms with Crippen molar-refractivity contribution in [1.29, 1.82) is 0 Å². The molecule has 0 spiro atoms. The number of hydrogen-bond donors (Lipinski definition) is 3. The molecule has 1 fully saturated rings. The summed E-state index contributed by atoms with van der Waals surface area (Å²) in [5.74, 6) is -0.549. The Labute approximate surface area is 231 Å². The lowest BCUT2D eigenvalue weighted by Crippen LogP contribution is -2.53. The quantitative estimate of drug-likeness (QED) is 0.306. The Hall–Kier alpha value is -4.49. The van der Waals surface area contributed by atoms with Crippen molar-refractivity contribution in [2.75, 3.05) is 20.2 Å². The van der Waals surface area contributed by atoms with Crippen LogP contribution < -0.4 is 15.8 Å². The van der Waals surface area contributed by atoms with Gasteiger partial charge in [0.2, 0.25) is 5.89 Å². The molecule has 0 radical (unpaired) electrons. The van der Waals surface area contributed by atoms with Crippen molar-refractivity contribution in [3.63, 3.8) is 0 Å². The molecule has 13 heteroatoms. The number of β-amino-alcohol motifs (C(OH)–C–C–N with tert-alkyl or cyclic N) is 1. The van der Waals surface area contributed by atoms with Crippen LogP contribution in [0.25, 0.3) is 22.4 Å². The minimum Gasteiger partial charge on any atom is -0.494 e. The van der Waals surface area contributed by atoms with Gasteiger partial charge in [-0.25, -0.2) is 9.97 Å². The maximum Gasteiger partial charge on any atom is 0.433 e. The molecule has 1 atom stereocenters. The van der Waals surface area contributed by atoms with Gasteiger partial charge in [-0.1, -0.05) is 12.1 Å². The molecule has 214 valence electrons. The maximum atomic E-state index is 13.3. The monoisotopic (exact) mass is 569 g/mol. The highest BCUT2D eigenvalue weighted by atomic mass is 19.4. The van der Waals surface area contributed by atoms with Gasteiger partial charge in [-0.15, -0.1) is 0 Å². The number of oxazole rings is 1. The van der Waals surface area contributed by atoms with Gasteiger partial charge in [0.25, 0.3) is 11.8 Å². The lowest BCUT2D eigenvalue weighted by atomic mass is 10.1. The highest BCUT2D eigenvalue weighted by Crippen LogP contribution is 2.37. The van der Waals surface area contributed by atoms with E-state index in [1.54, 1.807) is 37.3 Å². The number of rotatable bonds is 7. The number of benzene rings is 2. The van der Waals surface area contributed by atoms with Crippen LogP contribution in [-0.4, -0.2) is 58.1 Å². The van der Waals surface area contributed by atoms with Gasteiger partial charge >= 0.3 is 6.18 Å². The standard InChI is InChI=1S/C28H26F3N5O5/c1-14(32)24-23(25(38)33-11-15-3-5-16(6-4-15)27(39)36-12-17(37)13-36)35-26(41-24)19-7-9-20(40-2)22-18(19)8-10-21(34-22)28(29,30)31/h3-10,14,17,37H,11-13,32H2,1-2H3,(H,33,38)/t14-/m0/s1. The Kier molecular flexibility index (Phi) is 7.41. The Morgan fingerprint density at radius 2 is 1.85 bits per heavy atom. The lowest BCUT2D eigenvalue weighted by molar-refractivity contribution is -0.140. The molecule has 10 nitrogen and oxygen atoms in total. The van der Waals surface area contributed by atoms with Crippen molar-refractivity contribution in [2.45, 2.75) is 31.8 Å². The fourth-order valence-corrected chi connectivity index (χ4v) is 4.45. The third kappa shape index (κ3) is 5.58. The number of aliphatic hydroxyl groups is 1. The van der Waals surface area contributed by atoms with E-state index in [-0.39, 0.29) is 46.4 Å². The molecule has 2 aromatic carbocycles. The van der Waals surface area contributed by atoms with Crippen LogP contribution in [0.2, 0.25) is 0 Å². The Balaban J connectivity index is 1.38. The summed E-state index contributed by atoms with van der Waals surface area (Å²) in [4.78, 5) is 35.1. The van der Waals surface area contributed by atoms with E-state index in [2.05, 4.69) is 15.3 Å². The van der Waals surface area contributed by atoms with E-state index in [0.717, 1.165) is 11.6 Å². The molecule has 1 aliphatic heterocycles. The van der Waals surface area contributed by atoms with Gasteiger partial charge in [0, 0.05) is 36.1 Å². The molecule has 1 aliphatic rings. The van der Waals surface area contributed by atoms with Gasteiger partial charge in [-0.3, -0.25) is 9.59 Å². The summed E-state index contributed by atoms with van der Waals surface area (Å²) in [7, 11) is 1.32. The number of carbonyl (C=O) groups is 2. The summed E-state index contributed by atoms with van der Waals surface area (Å²) in [5.41, 5.74) is 6.35. The highest BCUT2D eigenvalue weighted by molar-refractivity contribution is 5.98. The molecular formula is C28H26F3N5O5. The summed E-state index contributed by atoms with van der Waals surface area (Å²) in [6, 6.07) is 11.1. The van der Waals surface area contributed by atoms with E-state index in [1.165, 1.54) is 24.1 Å². The van der Waals surface area contributed by atoms with Crippen LogP contribution in [0.4, 0.5) is 13.2 Å². The Bertz CT molecular complexity index is 1610. The number of nitrogens with zero attached hydrogens (tertiary/aromatic N) is 3. The summed E-state index contributed by atoms with van der Waals surface area (Å²) < 4.78 is 51.0. The van der Waals surface area contributed by atoms with Crippen molar-refractivity contribution in [3.05, 3.63) is 76.8 Å². The first-order valence-electron chi connectivity index (χ1n) is 12.6. The molecule has 2 amide bonds. The number of amides is 2. The van der Waals surface area contributed by atoms with E-state index in [4.69, 9.17) is 14.9 Å². The summed E-state index contributed by atoms with van der Waals surface area (Å²) in [6.45, 7) is 2.33. The number of fused-ring (bicyclic) bond motifs is 1. The van der Waals surface area contributed by atoms with Crippen molar-refractivity contribution in [3.8, 4) is 17.2 Å². The van der Waals surface area contributed by atoms with E-state index in [0.29, 0.717) is 24.2 Å². The van der Waals surface area contributed by atoms with Crippen LogP contribution in [0, 0.1) is 0 Å². The molecule has 0 unspecified atom stereocenters. The summed E-state index contributed by atoms with van der Waals surface area (Å²) in [6.07, 6.45) is -5.14. The minimum absolute atomic E-state index is 0.0179. The number of hydrogen-bond acceptors (Lipinski definition) is 8. The molecule has 0 bridgehead atoms. The van der Waals surface area contributed by atoms with E-state index in [9.17, 15) is 27.9 Å². The number of likely N-dealkylation sites (tertiary alicyclic amines) is 1. The molecule has 1 saturated heterocycles. The number of nitrogens with one attached hydrogen (secondary N) is 1. The largest absolute Gasteiger partial charge is 0.494 e. The van der Waals surface area contributed by atoms with Crippen molar-refractivity contribution in [1.82, 2.24) is 20.2 Å². The summed E-state index contributed by atoms with van der Waals surface area (Å²) in [5, 5.41) is 12.4. The number of aromatic nitrogens is 2. The number of alkyl halides is 3. The smallest absolute Gasteiger partial charge is 0.433 e. The van der Waals surface area contributed by atoms with Crippen molar-refractivity contribution >= 4 is 22.7 Å². The van der Waals surface area contributed by atoms with Crippen molar-refractivity contribution in [2.24, 2.45) is 5.73 Å². The Morgan fingerprint density at radius 1 is 1.15 bits per heavy atom. The molecule has 4 N–H and O–H groups in total. The van der Waals surface area contributed by atoms with E-state index in [1.807, 2.05) is 0 Å². The second-order valence-electron chi connectivity index (χ2n) is 9.67. The summed E-state index contributed by atoms with van der Waals surface area (Å²) >= 11 is 0. The fraction of sp³-hybridized carbons (Fsp3) is 0.286. The SMILES string of the molecule is COc1ccc(-c2nc(C(=O)NCc3ccc(C(=O)N4CC(O)C4)cc3)c([C@H](C)N)o2)c2ccc(C(F)(F)F)nc12. The molecule has 5 rings (SSSR count). The number of nitrogens with two attached hydrogens (primary N) is 1. The highest BCUT2D eigenvalue weighted by Gasteiger charge is 2.33. The average molecular weight is 570 g/mol. The fourth-order valence-electron chi connectivity index (χ4n) is 4.45. The molecule has 3 heterocycles. The zero-order chi connectivity index (χ0) is 29.5. The second kappa shape index (κ2) is 10.8. The Morgan fingerprint density at radius 3 is 2.46 bits per heavy atom. The normalized spacial score (nSPS) is 14.6. The first kappa shape index (κ1) is 28.1. The molecular weight excluding hydrogens is 543 g/mol. The van der Waals surface area contributed by atoms with Crippen LogP contribution in [0.3, 0.4) is 0 Å². The van der Waals surface area contributed by atoms with Gasteiger partial charge in [0.1, 0.15) is 17.0 Å². The second-order valence-corrected chi connectivity index (χ2v) is 9.67. The maximum absolute atomic E-state index is 13.3. The topological polar surface area (TPSA) is 144 Å². The lowest BCUT2D eigenvalue weighted by Gasteiger charge is -2.35. The number of halogens is 3. The predicted molar refractivity (Wildman–Crippen MR) is 141 cm³/mol. The van der Waals surface area contributed by atoms with E-state index >= 15 is 0 Å². The number of carbonyl (C=O) groups excluding carboxylic acids is 2. The zero-order valence-corrected chi connectivity index (χ0v) is 22.0. The van der Waals surface area contributed by atoms with Crippen LogP contribution in [0.5, 0.6) is 5.75 Å². The molecule has 41 heavy (non-hydrogen) atoms. The van der Waals surface area contributed by atoms with Gasteiger partial charge in [0.05, 0.1) is 19.3 Å². The minimum atomic E-state index is -4.65. The third-order valence-corrected chi connectivity index (χ3v) is 6.65. The first-order valence-corrected chi connectivity index (χ1v) is 12.6. The van der Waals surface area contributed by atoms with Crippen molar-refractivity contribution < 1.29 is 37.0 Å². The molecule has 0 aliphatic carbocycles. The number of methoxy groups -OCH3 is 1. The first-order chi connectivity index (χ1) is 19.5.